The molecule has 2 heteroatoms. The molecule has 0 aromatic heterocycles. The van der Waals surface area contributed by atoms with E-state index < -0.39 is 10.8 Å². The summed E-state index contributed by atoms with van der Waals surface area (Å²) >= 11 is 0. The summed E-state index contributed by atoms with van der Waals surface area (Å²) in [5.74, 6) is 0. The zero-order valence-electron chi connectivity index (χ0n) is 11.8. The van der Waals surface area contributed by atoms with Gasteiger partial charge in [0, 0.05) is 0 Å². The lowest BCUT2D eigenvalue weighted by Gasteiger charge is -2.38. The summed E-state index contributed by atoms with van der Waals surface area (Å²) in [7, 11) is 0. The van der Waals surface area contributed by atoms with Crippen molar-refractivity contribution in [3.8, 4) is 12.1 Å². The van der Waals surface area contributed by atoms with Crippen molar-refractivity contribution in [1.29, 1.82) is 10.5 Å². The van der Waals surface area contributed by atoms with E-state index in [-0.39, 0.29) is 0 Å². The lowest BCUT2D eigenvalue weighted by atomic mass is 9.60. The van der Waals surface area contributed by atoms with Crippen LogP contribution in [0.15, 0.2) is 60.7 Å². The van der Waals surface area contributed by atoms with E-state index >= 15 is 0 Å². The number of hydrogen-bond donors (Lipinski definition) is 0. The van der Waals surface area contributed by atoms with E-state index in [0.717, 1.165) is 24.0 Å². The van der Waals surface area contributed by atoms with Crippen molar-refractivity contribution in [2.45, 2.75) is 24.7 Å². The smallest absolute Gasteiger partial charge is 0.157 e. The molecule has 0 bridgehead atoms. The van der Waals surface area contributed by atoms with Crippen LogP contribution in [0.3, 0.4) is 0 Å². The van der Waals surface area contributed by atoms with Crippen LogP contribution < -0.4 is 0 Å². The van der Waals surface area contributed by atoms with Crippen LogP contribution in [0.1, 0.15) is 30.4 Å². The molecule has 0 spiro atoms. The van der Waals surface area contributed by atoms with Crippen LogP contribution in [-0.2, 0) is 5.41 Å². The second kappa shape index (κ2) is 5.08. The number of benzene rings is 2. The van der Waals surface area contributed by atoms with Gasteiger partial charge in [-0.15, -0.1) is 0 Å². The first-order chi connectivity index (χ1) is 10.3. The molecular formula is C19H16N2. The zero-order valence-corrected chi connectivity index (χ0v) is 11.8. The van der Waals surface area contributed by atoms with Gasteiger partial charge in [0.05, 0.1) is 17.6 Å². The fourth-order valence-electron chi connectivity index (χ4n) is 3.77. The number of nitrogens with zero attached hydrogens (tertiary/aromatic N) is 2. The molecule has 1 aliphatic carbocycles. The van der Waals surface area contributed by atoms with Gasteiger partial charge in [-0.05, 0) is 30.4 Å². The molecule has 0 unspecified atom stereocenters. The van der Waals surface area contributed by atoms with Gasteiger partial charge in [-0.25, -0.2) is 0 Å². The monoisotopic (exact) mass is 272 g/mol. The summed E-state index contributed by atoms with van der Waals surface area (Å²) in [6, 6.07) is 24.8. The van der Waals surface area contributed by atoms with Crippen LogP contribution >= 0.6 is 0 Å². The highest BCUT2D eigenvalue weighted by Crippen LogP contribution is 2.57. The predicted molar refractivity (Wildman–Crippen MR) is 81.2 cm³/mol. The van der Waals surface area contributed by atoms with Crippen molar-refractivity contribution in [3.05, 3.63) is 71.8 Å². The lowest BCUT2D eigenvalue weighted by molar-refractivity contribution is 0.360. The Morgan fingerprint density at radius 2 is 1.19 bits per heavy atom. The molecule has 0 saturated heterocycles. The Morgan fingerprint density at radius 1 is 0.714 bits per heavy atom. The maximum Gasteiger partial charge on any atom is 0.157 e. The number of rotatable bonds is 2. The van der Waals surface area contributed by atoms with Crippen molar-refractivity contribution in [1.82, 2.24) is 0 Å². The highest BCUT2D eigenvalue weighted by molar-refractivity contribution is 5.49. The number of hydrogen-bond acceptors (Lipinski definition) is 2. The maximum absolute atomic E-state index is 9.80. The van der Waals surface area contributed by atoms with Gasteiger partial charge in [0.1, 0.15) is 0 Å². The number of nitriles is 2. The van der Waals surface area contributed by atoms with Gasteiger partial charge in [-0.1, -0.05) is 60.7 Å². The zero-order chi connectivity index (χ0) is 14.8. The lowest BCUT2D eigenvalue weighted by Crippen LogP contribution is -2.40. The maximum atomic E-state index is 9.80. The third-order valence-electron chi connectivity index (χ3n) is 4.75. The molecule has 0 N–H and O–H groups in total. The van der Waals surface area contributed by atoms with Crippen LogP contribution in [0.5, 0.6) is 0 Å². The summed E-state index contributed by atoms with van der Waals surface area (Å²) in [6.07, 6.45) is 2.36. The molecule has 0 aliphatic heterocycles. The molecule has 0 atom stereocenters. The normalized spacial score (nSPS) is 18.6. The minimum atomic E-state index is -0.990. The van der Waals surface area contributed by atoms with E-state index in [1.54, 1.807) is 0 Å². The summed E-state index contributed by atoms with van der Waals surface area (Å²) in [4.78, 5) is 0. The highest BCUT2D eigenvalue weighted by Gasteiger charge is 2.58. The minimum absolute atomic E-state index is 0.529. The second-order valence-corrected chi connectivity index (χ2v) is 5.62. The van der Waals surface area contributed by atoms with Crippen molar-refractivity contribution in [3.63, 3.8) is 0 Å². The van der Waals surface area contributed by atoms with Crippen LogP contribution in [0.4, 0.5) is 0 Å². The fraction of sp³-hybridized carbons (Fsp3) is 0.263. The van der Waals surface area contributed by atoms with Gasteiger partial charge in [-0.3, -0.25) is 0 Å². The Hall–Kier alpha value is -2.58. The molecular weight excluding hydrogens is 256 g/mol. The third-order valence-corrected chi connectivity index (χ3v) is 4.75. The Morgan fingerprint density at radius 3 is 1.62 bits per heavy atom. The first-order valence-electron chi connectivity index (χ1n) is 7.23. The molecule has 2 nitrogen and oxygen atoms in total. The Balaban J connectivity index is 2.33. The highest BCUT2D eigenvalue weighted by atomic mass is 14.6. The van der Waals surface area contributed by atoms with E-state index in [0.29, 0.717) is 6.42 Å². The fourth-order valence-corrected chi connectivity index (χ4v) is 3.77. The van der Waals surface area contributed by atoms with Crippen LogP contribution in [0, 0.1) is 28.1 Å². The molecule has 1 fully saturated rings. The van der Waals surface area contributed by atoms with Crippen molar-refractivity contribution >= 4 is 0 Å². The van der Waals surface area contributed by atoms with Gasteiger partial charge in [0.15, 0.2) is 5.41 Å². The quantitative estimate of drug-likeness (QED) is 0.823. The Kier molecular flexibility index (Phi) is 3.24. The van der Waals surface area contributed by atoms with E-state index in [4.69, 9.17) is 0 Å². The molecule has 0 radical (unpaired) electrons. The van der Waals surface area contributed by atoms with Gasteiger partial charge in [-0.2, -0.15) is 10.5 Å². The SMILES string of the molecule is N#CC1(C#N)CCCC1(c1ccccc1)c1ccccc1. The summed E-state index contributed by atoms with van der Waals surface area (Å²) in [5.41, 5.74) is 0.614. The summed E-state index contributed by atoms with van der Waals surface area (Å²) < 4.78 is 0. The molecule has 2 aromatic rings. The van der Waals surface area contributed by atoms with Gasteiger partial charge in [0.25, 0.3) is 0 Å². The summed E-state index contributed by atoms with van der Waals surface area (Å²) in [5, 5.41) is 19.6. The van der Waals surface area contributed by atoms with E-state index in [2.05, 4.69) is 12.1 Å². The van der Waals surface area contributed by atoms with E-state index in [9.17, 15) is 10.5 Å². The van der Waals surface area contributed by atoms with Gasteiger partial charge in [0.2, 0.25) is 0 Å². The van der Waals surface area contributed by atoms with Crippen molar-refractivity contribution in [2.24, 2.45) is 5.41 Å². The molecule has 102 valence electrons. The molecule has 1 saturated carbocycles. The molecule has 1 aliphatic rings. The van der Waals surface area contributed by atoms with E-state index in [1.807, 2.05) is 60.7 Å². The predicted octanol–water partition coefficient (Wildman–Crippen LogP) is 4.19. The minimum Gasteiger partial charge on any atom is -0.197 e. The first kappa shape index (κ1) is 13.4. The standard InChI is InChI=1S/C19H16N2/c20-14-18(15-21)12-7-13-19(18,16-8-3-1-4-9-16)17-10-5-2-6-11-17/h1-6,8-11H,7,12-13H2. The molecule has 0 heterocycles. The van der Waals surface area contributed by atoms with Crippen LogP contribution in [-0.4, -0.2) is 0 Å². The molecule has 2 aromatic carbocycles. The van der Waals surface area contributed by atoms with Gasteiger partial charge >= 0.3 is 0 Å². The Bertz CT molecular complexity index is 651. The van der Waals surface area contributed by atoms with Crippen molar-refractivity contribution < 1.29 is 0 Å². The largest absolute Gasteiger partial charge is 0.197 e. The van der Waals surface area contributed by atoms with Crippen molar-refractivity contribution in [2.75, 3.05) is 0 Å². The average molecular weight is 272 g/mol. The van der Waals surface area contributed by atoms with Crippen LogP contribution in [0.25, 0.3) is 0 Å². The summed E-state index contributed by atoms with van der Waals surface area (Å²) in [6.45, 7) is 0. The molecule has 21 heavy (non-hydrogen) atoms. The Labute approximate surface area is 125 Å². The first-order valence-corrected chi connectivity index (χ1v) is 7.23. The molecule has 3 rings (SSSR count). The van der Waals surface area contributed by atoms with E-state index in [1.165, 1.54) is 0 Å². The van der Waals surface area contributed by atoms with Gasteiger partial charge < -0.3 is 0 Å². The average Bonchev–Trinajstić information content (AvgIpc) is 2.97. The third kappa shape index (κ3) is 1.77. The second-order valence-electron chi connectivity index (χ2n) is 5.62. The van der Waals surface area contributed by atoms with Crippen LogP contribution in [0.2, 0.25) is 0 Å². The topological polar surface area (TPSA) is 47.6 Å². The molecule has 0 amide bonds.